The van der Waals surface area contributed by atoms with Crippen molar-refractivity contribution in [1.29, 1.82) is 0 Å². The van der Waals surface area contributed by atoms with E-state index >= 15 is 0 Å². The average molecular weight is 477 g/mol. The third-order valence-corrected chi connectivity index (χ3v) is 6.10. The summed E-state index contributed by atoms with van der Waals surface area (Å²) in [6.07, 6.45) is 3.12. The molecule has 4 rings (SSSR count). The zero-order valence-corrected chi connectivity index (χ0v) is 21.2. The van der Waals surface area contributed by atoms with Crippen LogP contribution in [0.3, 0.4) is 0 Å². The van der Waals surface area contributed by atoms with Crippen molar-refractivity contribution in [3.63, 3.8) is 0 Å². The molecule has 0 bridgehead atoms. The van der Waals surface area contributed by atoms with Crippen LogP contribution in [0.1, 0.15) is 70.2 Å². The third-order valence-electron chi connectivity index (χ3n) is 6.10. The fourth-order valence-corrected chi connectivity index (χ4v) is 4.39. The minimum atomic E-state index is -0.529. The van der Waals surface area contributed by atoms with Crippen molar-refractivity contribution in [2.45, 2.75) is 64.9 Å². The Labute approximate surface area is 208 Å². The van der Waals surface area contributed by atoms with Crippen LogP contribution in [0.4, 0.5) is 16.2 Å². The van der Waals surface area contributed by atoms with Crippen LogP contribution >= 0.6 is 0 Å². The topological polar surface area (TPSA) is 71.7 Å². The van der Waals surface area contributed by atoms with Crippen molar-refractivity contribution in [3.05, 3.63) is 71.9 Å². The number of carbonyl (C=O) groups is 1. The Morgan fingerprint density at radius 3 is 2.54 bits per heavy atom. The van der Waals surface area contributed by atoms with Gasteiger partial charge in [-0.2, -0.15) is 4.98 Å². The molecule has 186 valence electrons. The maximum absolute atomic E-state index is 12.8. The third kappa shape index (κ3) is 6.62. The molecule has 0 unspecified atom stereocenters. The lowest BCUT2D eigenvalue weighted by molar-refractivity contribution is 0.0580. The maximum Gasteiger partial charge on any atom is 0.414 e. The van der Waals surface area contributed by atoms with Crippen molar-refractivity contribution in [2.75, 3.05) is 29.4 Å². The SMILES string of the molecule is CCCN(C(=O)OC(C)(C)C)c1cccc(N2CCC(c3nc(Cc4ccccc4)no3)CC2)c1. The molecule has 1 aliphatic rings. The summed E-state index contributed by atoms with van der Waals surface area (Å²) < 4.78 is 11.3. The molecule has 1 aliphatic heterocycles. The number of benzene rings is 2. The molecule has 0 radical (unpaired) electrons. The van der Waals surface area contributed by atoms with E-state index in [1.54, 1.807) is 4.90 Å². The standard InChI is InChI=1S/C28H36N4O3/c1-5-16-32(27(33)34-28(2,3)4)24-13-9-12-23(20-24)31-17-14-22(15-18-31)26-29-25(30-35-26)19-21-10-7-6-8-11-21/h6-13,20,22H,5,14-19H2,1-4H3. The number of nitrogens with zero attached hydrogens (tertiary/aromatic N) is 4. The molecule has 1 saturated heterocycles. The van der Waals surface area contributed by atoms with E-state index in [9.17, 15) is 4.79 Å². The van der Waals surface area contributed by atoms with Crippen LogP contribution in [0.5, 0.6) is 0 Å². The first-order valence-corrected chi connectivity index (χ1v) is 12.5. The fraction of sp³-hybridized carbons (Fsp3) is 0.464. The summed E-state index contributed by atoms with van der Waals surface area (Å²) in [4.78, 5) is 21.6. The molecule has 1 fully saturated rings. The highest BCUT2D eigenvalue weighted by Gasteiger charge is 2.27. The molecule has 1 aromatic heterocycles. The van der Waals surface area contributed by atoms with E-state index in [4.69, 9.17) is 9.26 Å². The number of hydrogen-bond acceptors (Lipinski definition) is 6. The number of anilines is 2. The number of piperidine rings is 1. The molecule has 1 amide bonds. The maximum atomic E-state index is 12.8. The predicted octanol–water partition coefficient (Wildman–Crippen LogP) is 6.20. The first-order chi connectivity index (χ1) is 16.8. The fourth-order valence-electron chi connectivity index (χ4n) is 4.39. The smallest absolute Gasteiger partial charge is 0.414 e. The van der Waals surface area contributed by atoms with Gasteiger partial charge in [0.15, 0.2) is 5.82 Å². The van der Waals surface area contributed by atoms with E-state index in [0.29, 0.717) is 13.0 Å². The van der Waals surface area contributed by atoms with E-state index in [0.717, 1.165) is 55.4 Å². The molecule has 7 nitrogen and oxygen atoms in total. The van der Waals surface area contributed by atoms with Crippen molar-refractivity contribution in [1.82, 2.24) is 10.1 Å². The van der Waals surface area contributed by atoms with Crippen LogP contribution in [0.2, 0.25) is 0 Å². The molecule has 3 aromatic rings. The number of aromatic nitrogens is 2. The van der Waals surface area contributed by atoms with Gasteiger partial charge in [0.25, 0.3) is 0 Å². The van der Waals surface area contributed by atoms with E-state index in [1.165, 1.54) is 5.56 Å². The molecule has 0 atom stereocenters. The predicted molar refractivity (Wildman–Crippen MR) is 138 cm³/mol. The van der Waals surface area contributed by atoms with Crippen LogP contribution in [0, 0.1) is 0 Å². The highest BCUT2D eigenvalue weighted by molar-refractivity contribution is 5.88. The van der Waals surface area contributed by atoms with Crippen molar-refractivity contribution >= 4 is 17.5 Å². The van der Waals surface area contributed by atoms with Gasteiger partial charge >= 0.3 is 6.09 Å². The number of amides is 1. The van der Waals surface area contributed by atoms with E-state index in [-0.39, 0.29) is 12.0 Å². The number of hydrogen-bond donors (Lipinski definition) is 0. The van der Waals surface area contributed by atoms with Gasteiger partial charge in [0, 0.05) is 43.3 Å². The summed E-state index contributed by atoms with van der Waals surface area (Å²) in [5.41, 5.74) is 2.63. The lowest BCUT2D eigenvalue weighted by atomic mass is 9.96. The summed E-state index contributed by atoms with van der Waals surface area (Å²) in [6, 6.07) is 18.4. The van der Waals surface area contributed by atoms with Gasteiger partial charge in [-0.25, -0.2) is 4.79 Å². The summed E-state index contributed by atoms with van der Waals surface area (Å²) in [5.74, 6) is 1.74. The van der Waals surface area contributed by atoms with Gasteiger partial charge in [-0.1, -0.05) is 48.5 Å². The summed E-state index contributed by atoms with van der Waals surface area (Å²) in [5, 5.41) is 4.21. The summed E-state index contributed by atoms with van der Waals surface area (Å²) >= 11 is 0. The van der Waals surface area contributed by atoms with Crippen molar-refractivity contribution in [2.24, 2.45) is 0 Å². The van der Waals surface area contributed by atoms with Crippen LogP contribution in [-0.2, 0) is 11.2 Å². The zero-order chi connectivity index (χ0) is 24.8. The van der Waals surface area contributed by atoms with E-state index in [2.05, 4.69) is 46.2 Å². The minimum absolute atomic E-state index is 0.268. The molecule has 2 aromatic carbocycles. The van der Waals surface area contributed by atoms with Gasteiger partial charge in [0.2, 0.25) is 5.89 Å². The van der Waals surface area contributed by atoms with Gasteiger partial charge in [0.05, 0.1) is 0 Å². The second kappa shape index (κ2) is 10.9. The first-order valence-electron chi connectivity index (χ1n) is 12.5. The van der Waals surface area contributed by atoms with Crippen LogP contribution < -0.4 is 9.80 Å². The first kappa shape index (κ1) is 24.8. The molecule has 7 heteroatoms. The van der Waals surface area contributed by atoms with Gasteiger partial charge in [0.1, 0.15) is 5.60 Å². The summed E-state index contributed by atoms with van der Waals surface area (Å²) in [7, 11) is 0. The van der Waals surface area contributed by atoms with Crippen LogP contribution in [0.25, 0.3) is 0 Å². The largest absolute Gasteiger partial charge is 0.443 e. The number of rotatable bonds is 7. The Kier molecular flexibility index (Phi) is 7.73. The molecular weight excluding hydrogens is 440 g/mol. The minimum Gasteiger partial charge on any atom is -0.443 e. The highest BCUT2D eigenvalue weighted by atomic mass is 16.6. The van der Waals surface area contributed by atoms with Gasteiger partial charge in [-0.05, 0) is 63.8 Å². The summed E-state index contributed by atoms with van der Waals surface area (Å²) in [6.45, 7) is 10.1. The van der Waals surface area contributed by atoms with Gasteiger partial charge in [-0.15, -0.1) is 0 Å². The second-order valence-corrected chi connectivity index (χ2v) is 10.1. The van der Waals surface area contributed by atoms with Crippen LogP contribution in [0.15, 0.2) is 59.1 Å². The Morgan fingerprint density at radius 2 is 1.86 bits per heavy atom. The Hall–Kier alpha value is -3.35. The molecule has 0 N–H and O–H groups in total. The molecular formula is C28H36N4O3. The quantitative estimate of drug-likeness (QED) is 0.404. The van der Waals surface area contributed by atoms with E-state index in [1.807, 2.05) is 51.1 Å². The van der Waals surface area contributed by atoms with E-state index < -0.39 is 5.60 Å². The Bertz CT molecular complexity index is 1100. The molecule has 0 aliphatic carbocycles. The molecule has 35 heavy (non-hydrogen) atoms. The Morgan fingerprint density at radius 1 is 1.11 bits per heavy atom. The monoisotopic (exact) mass is 476 g/mol. The van der Waals surface area contributed by atoms with Gasteiger partial charge < -0.3 is 14.2 Å². The van der Waals surface area contributed by atoms with Crippen molar-refractivity contribution < 1.29 is 14.1 Å². The van der Waals surface area contributed by atoms with Crippen LogP contribution in [-0.4, -0.2) is 41.5 Å². The number of ether oxygens (including phenoxy) is 1. The zero-order valence-electron chi connectivity index (χ0n) is 21.2. The lowest BCUT2D eigenvalue weighted by Crippen LogP contribution is -2.37. The normalized spacial score (nSPS) is 14.7. The second-order valence-electron chi connectivity index (χ2n) is 10.1. The average Bonchev–Trinajstić information content (AvgIpc) is 3.30. The molecule has 2 heterocycles. The molecule has 0 spiro atoms. The highest BCUT2D eigenvalue weighted by Crippen LogP contribution is 2.32. The number of carbonyl (C=O) groups excluding carboxylic acids is 1. The lowest BCUT2D eigenvalue weighted by Gasteiger charge is -2.33. The van der Waals surface area contributed by atoms with Crippen molar-refractivity contribution in [3.8, 4) is 0 Å². The van der Waals surface area contributed by atoms with Gasteiger partial charge in [-0.3, -0.25) is 4.90 Å². The molecule has 0 saturated carbocycles. The Balaban J connectivity index is 1.39.